The maximum absolute atomic E-state index is 12.6. The van der Waals surface area contributed by atoms with E-state index in [1.54, 1.807) is 0 Å². The number of halogens is 4. The number of nitrogens with one attached hydrogen (secondary N) is 1. The Kier molecular flexibility index (Phi) is 6.86. The van der Waals surface area contributed by atoms with Crippen LogP contribution in [0.1, 0.15) is 6.42 Å². The zero-order valence-corrected chi connectivity index (χ0v) is 14.3. The second kappa shape index (κ2) is 7.49. The molecule has 1 aliphatic heterocycles. The molecular weight excluding hydrogens is 366 g/mol. The lowest BCUT2D eigenvalue weighted by Gasteiger charge is -2.21. The Labute approximate surface area is 139 Å². The zero-order chi connectivity index (χ0) is 14.0. The van der Waals surface area contributed by atoms with Crippen LogP contribution in [0.15, 0.2) is 17.0 Å². The van der Waals surface area contributed by atoms with Crippen molar-refractivity contribution in [3.63, 3.8) is 0 Å². The van der Waals surface area contributed by atoms with Gasteiger partial charge in [-0.1, -0.05) is 34.8 Å². The predicted octanol–water partition coefficient (Wildman–Crippen LogP) is 3.05. The molecule has 9 heteroatoms. The van der Waals surface area contributed by atoms with Crippen molar-refractivity contribution in [1.82, 2.24) is 9.62 Å². The molecule has 1 saturated heterocycles. The summed E-state index contributed by atoms with van der Waals surface area (Å²) in [4.78, 5) is -0.0675. The van der Waals surface area contributed by atoms with Crippen molar-refractivity contribution in [3.05, 3.63) is 27.2 Å². The van der Waals surface area contributed by atoms with Crippen molar-refractivity contribution in [2.45, 2.75) is 11.3 Å². The summed E-state index contributed by atoms with van der Waals surface area (Å²) < 4.78 is 26.6. The Morgan fingerprint density at radius 2 is 1.65 bits per heavy atom. The normalized spacial score (nSPS) is 17.4. The van der Waals surface area contributed by atoms with E-state index in [9.17, 15) is 8.42 Å². The molecule has 1 aliphatic rings. The SMILES string of the molecule is Cl.O=S(=O)(c1c(Cl)cc(Cl)cc1Cl)N1CCCNCC1. The first-order chi connectivity index (χ1) is 8.93. The third kappa shape index (κ3) is 3.91. The van der Waals surface area contributed by atoms with E-state index in [0.29, 0.717) is 24.7 Å². The van der Waals surface area contributed by atoms with E-state index < -0.39 is 10.0 Å². The van der Waals surface area contributed by atoms with Crippen molar-refractivity contribution in [2.24, 2.45) is 0 Å². The van der Waals surface area contributed by atoms with E-state index >= 15 is 0 Å². The van der Waals surface area contributed by atoms with Crippen molar-refractivity contribution >= 4 is 57.2 Å². The standard InChI is InChI=1S/C11H13Cl3N2O2S.ClH/c12-8-6-9(13)11(10(14)7-8)19(17,18)16-4-1-2-15-3-5-16;/h6-7,15H,1-5H2;1H. The van der Waals surface area contributed by atoms with Gasteiger partial charge in [-0.3, -0.25) is 0 Å². The summed E-state index contributed by atoms with van der Waals surface area (Å²) >= 11 is 17.8. The minimum atomic E-state index is -3.69. The molecule has 20 heavy (non-hydrogen) atoms. The highest BCUT2D eigenvalue weighted by Crippen LogP contribution is 2.34. The fourth-order valence-electron chi connectivity index (χ4n) is 1.97. The number of benzene rings is 1. The molecule has 0 bridgehead atoms. The summed E-state index contributed by atoms with van der Waals surface area (Å²) in [5.41, 5.74) is 0. The van der Waals surface area contributed by atoms with Gasteiger partial charge >= 0.3 is 0 Å². The molecule has 0 spiro atoms. The molecule has 0 saturated carbocycles. The number of sulfonamides is 1. The Hall–Kier alpha value is 0.250. The number of rotatable bonds is 2. The van der Waals surface area contributed by atoms with E-state index in [0.717, 1.165) is 13.0 Å². The highest BCUT2D eigenvalue weighted by molar-refractivity contribution is 7.89. The first-order valence-corrected chi connectivity index (χ1v) is 8.36. The zero-order valence-electron chi connectivity index (χ0n) is 10.4. The van der Waals surface area contributed by atoms with Crippen LogP contribution in [-0.4, -0.2) is 38.9 Å². The molecule has 4 nitrogen and oxygen atoms in total. The highest BCUT2D eigenvalue weighted by atomic mass is 35.5. The van der Waals surface area contributed by atoms with Crippen LogP contribution in [0.3, 0.4) is 0 Å². The molecule has 0 amide bonds. The summed E-state index contributed by atoms with van der Waals surface area (Å²) in [7, 11) is -3.69. The fraction of sp³-hybridized carbons (Fsp3) is 0.455. The minimum Gasteiger partial charge on any atom is -0.315 e. The molecule has 2 rings (SSSR count). The van der Waals surface area contributed by atoms with Crippen molar-refractivity contribution in [3.8, 4) is 0 Å². The van der Waals surface area contributed by atoms with Gasteiger partial charge in [0.25, 0.3) is 0 Å². The molecule has 0 unspecified atom stereocenters. The van der Waals surface area contributed by atoms with Gasteiger partial charge in [0.05, 0.1) is 10.0 Å². The van der Waals surface area contributed by atoms with Crippen molar-refractivity contribution < 1.29 is 8.42 Å². The first kappa shape index (κ1) is 18.3. The van der Waals surface area contributed by atoms with Crippen LogP contribution in [0.2, 0.25) is 15.1 Å². The van der Waals surface area contributed by atoms with Gasteiger partial charge in [-0.15, -0.1) is 12.4 Å². The molecule has 0 aliphatic carbocycles. The van der Waals surface area contributed by atoms with Crippen LogP contribution in [0, 0.1) is 0 Å². The van der Waals surface area contributed by atoms with Crippen molar-refractivity contribution in [2.75, 3.05) is 26.2 Å². The molecular formula is C11H14Cl4N2O2S. The summed E-state index contributed by atoms with van der Waals surface area (Å²) in [6.45, 7) is 2.26. The summed E-state index contributed by atoms with van der Waals surface area (Å²) in [6.07, 6.45) is 0.752. The molecule has 1 fully saturated rings. The molecule has 0 atom stereocenters. The molecule has 1 heterocycles. The smallest absolute Gasteiger partial charge is 0.246 e. The first-order valence-electron chi connectivity index (χ1n) is 5.78. The largest absolute Gasteiger partial charge is 0.315 e. The molecule has 0 radical (unpaired) electrons. The summed E-state index contributed by atoms with van der Waals surface area (Å²) in [5, 5.41) is 3.56. The van der Waals surface area contributed by atoms with Gasteiger partial charge in [0.2, 0.25) is 10.0 Å². The third-order valence-electron chi connectivity index (χ3n) is 2.86. The number of nitrogens with zero attached hydrogens (tertiary/aromatic N) is 1. The topological polar surface area (TPSA) is 49.4 Å². The lowest BCUT2D eigenvalue weighted by molar-refractivity contribution is 0.432. The quantitative estimate of drug-likeness (QED) is 0.858. The fourth-order valence-corrected chi connectivity index (χ4v) is 4.94. The van der Waals surface area contributed by atoms with E-state index in [-0.39, 0.29) is 27.3 Å². The lowest BCUT2D eigenvalue weighted by Crippen LogP contribution is -2.34. The maximum Gasteiger partial charge on any atom is 0.246 e. The Bertz CT molecular complexity index is 549. The van der Waals surface area contributed by atoms with Gasteiger partial charge in [-0.25, -0.2) is 8.42 Å². The van der Waals surface area contributed by atoms with Gasteiger partial charge in [-0.2, -0.15) is 4.31 Å². The van der Waals surface area contributed by atoms with E-state index in [4.69, 9.17) is 34.8 Å². The van der Waals surface area contributed by atoms with Gasteiger partial charge in [0.15, 0.2) is 0 Å². The van der Waals surface area contributed by atoms with Crippen LogP contribution in [0.4, 0.5) is 0 Å². The minimum absolute atomic E-state index is 0. The number of hydrogen-bond donors (Lipinski definition) is 1. The van der Waals surface area contributed by atoms with E-state index in [1.165, 1.54) is 16.4 Å². The third-order valence-corrected chi connectivity index (χ3v) is 5.90. The number of hydrogen-bond acceptors (Lipinski definition) is 3. The summed E-state index contributed by atoms with van der Waals surface area (Å²) in [6, 6.07) is 2.77. The predicted molar refractivity (Wildman–Crippen MR) is 85.0 cm³/mol. The van der Waals surface area contributed by atoms with Gasteiger partial charge < -0.3 is 5.32 Å². The Morgan fingerprint density at radius 1 is 1.05 bits per heavy atom. The highest BCUT2D eigenvalue weighted by Gasteiger charge is 2.29. The Morgan fingerprint density at radius 3 is 2.25 bits per heavy atom. The molecule has 1 aromatic rings. The molecule has 0 aromatic heterocycles. The molecule has 1 N–H and O–H groups in total. The lowest BCUT2D eigenvalue weighted by atomic mass is 10.4. The molecule has 1 aromatic carbocycles. The van der Waals surface area contributed by atoms with Crippen LogP contribution >= 0.6 is 47.2 Å². The van der Waals surface area contributed by atoms with Gasteiger partial charge in [-0.05, 0) is 25.1 Å². The molecule has 114 valence electrons. The van der Waals surface area contributed by atoms with Crippen LogP contribution in [-0.2, 0) is 10.0 Å². The Balaban J connectivity index is 0.00000200. The second-order valence-electron chi connectivity index (χ2n) is 4.21. The van der Waals surface area contributed by atoms with E-state index in [2.05, 4.69) is 5.32 Å². The van der Waals surface area contributed by atoms with Crippen LogP contribution in [0.5, 0.6) is 0 Å². The maximum atomic E-state index is 12.6. The van der Waals surface area contributed by atoms with Gasteiger partial charge in [0.1, 0.15) is 4.90 Å². The second-order valence-corrected chi connectivity index (χ2v) is 7.33. The van der Waals surface area contributed by atoms with E-state index in [1.807, 2.05) is 0 Å². The average molecular weight is 380 g/mol. The van der Waals surface area contributed by atoms with Crippen LogP contribution < -0.4 is 5.32 Å². The van der Waals surface area contributed by atoms with Crippen LogP contribution in [0.25, 0.3) is 0 Å². The monoisotopic (exact) mass is 378 g/mol. The van der Waals surface area contributed by atoms with Crippen molar-refractivity contribution in [1.29, 1.82) is 0 Å². The summed E-state index contributed by atoms with van der Waals surface area (Å²) in [5.74, 6) is 0. The van der Waals surface area contributed by atoms with Gasteiger partial charge in [0, 0.05) is 24.7 Å². The average Bonchev–Trinajstić information content (AvgIpc) is 2.55.